The second kappa shape index (κ2) is 4.30. The Labute approximate surface area is 100 Å². The van der Waals surface area contributed by atoms with Crippen molar-refractivity contribution in [2.75, 3.05) is 12.0 Å². The molecule has 0 aromatic carbocycles. The number of aliphatic hydroxyl groups excluding tert-OH is 1. The normalized spacial score (nSPS) is 26.0. The van der Waals surface area contributed by atoms with Crippen LogP contribution in [-0.2, 0) is 9.84 Å². The molecule has 6 nitrogen and oxygen atoms in total. The Morgan fingerprint density at radius 3 is 2.65 bits per heavy atom. The summed E-state index contributed by atoms with van der Waals surface area (Å²) < 4.78 is 24.3. The fraction of sp³-hybridized carbons (Fsp3) is 0.700. The molecule has 3 N–H and O–H groups in total. The van der Waals surface area contributed by atoms with Crippen molar-refractivity contribution in [3.63, 3.8) is 0 Å². The predicted octanol–water partition coefficient (Wildman–Crippen LogP) is 0.345. The minimum atomic E-state index is -3.36. The molecule has 96 valence electrons. The van der Waals surface area contributed by atoms with E-state index in [1.807, 2.05) is 0 Å². The Morgan fingerprint density at radius 2 is 2.12 bits per heavy atom. The molecule has 2 unspecified atom stereocenters. The van der Waals surface area contributed by atoms with Crippen LogP contribution in [0.2, 0.25) is 0 Å². The fourth-order valence-electron chi connectivity index (χ4n) is 2.28. The number of anilines is 1. The van der Waals surface area contributed by atoms with Gasteiger partial charge in [0.25, 0.3) is 0 Å². The van der Waals surface area contributed by atoms with E-state index < -0.39 is 15.9 Å². The first-order valence-corrected chi connectivity index (χ1v) is 7.51. The molecule has 0 spiro atoms. The highest BCUT2D eigenvalue weighted by molar-refractivity contribution is 7.90. The molecule has 1 aromatic heterocycles. The van der Waals surface area contributed by atoms with Crippen molar-refractivity contribution in [2.45, 2.75) is 42.7 Å². The van der Waals surface area contributed by atoms with Gasteiger partial charge in [0, 0.05) is 6.26 Å². The summed E-state index contributed by atoms with van der Waals surface area (Å²) in [7, 11) is -3.36. The van der Waals surface area contributed by atoms with E-state index in [0.717, 1.165) is 25.5 Å². The van der Waals surface area contributed by atoms with E-state index in [9.17, 15) is 13.5 Å². The number of sulfone groups is 1. The van der Waals surface area contributed by atoms with Gasteiger partial charge >= 0.3 is 0 Å². The van der Waals surface area contributed by atoms with Crippen LogP contribution < -0.4 is 5.73 Å². The molecular formula is C10H17N3O3S. The first kappa shape index (κ1) is 12.4. The standard InChI is InChI=1S/C10H17N3O3S/c1-17(15,16)9-6-12-13(10(9)11)7-4-2-3-5-8(7)14/h6-8,14H,2-5,11H2,1H3. The maximum Gasteiger partial charge on any atom is 0.180 e. The minimum absolute atomic E-state index is 0.0373. The fourth-order valence-corrected chi connectivity index (χ4v) is 2.99. The molecule has 1 saturated carbocycles. The lowest BCUT2D eigenvalue weighted by atomic mass is 9.93. The van der Waals surface area contributed by atoms with Gasteiger partial charge < -0.3 is 10.8 Å². The molecule has 7 heteroatoms. The number of nitrogens with two attached hydrogens (primary N) is 1. The summed E-state index contributed by atoms with van der Waals surface area (Å²) in [6.07, 6.45) is 5.31. The molecule has 0 aliphatic heterocycles. The van der Waals surface area contributed by atoms with Gasteiger partial charge in [-0.05, 0) is 12.8 Å². The number of nitrogens with zero attached hydrogens (tertiary/aromatic N) is 2. The second-order valence-corrected chi connectivity index (χ2v) is 6.51. The Kier molecular flexibility index (Phi) is 3.13. The number of aromatic nitrogens is 2. The van der Waals surface area contributed by atoms with Crippen LogP contribution in [0.3, 0.4) is 0 Å². The van der Waals surface area contributed by atoms with Crippen LogP contribution in [0.5, 0.6) is 0 Å². The third-order valence-electron chi connectivity index (χ3n) is 3.21. The third kappa shape index (κ3) is 2.30. The zero-order chi connectivity index (χ0) is 12.6. The lowest BCUT2D eigenvalue weighted by molar-refractivity contribution is 0.0705. The largest absolute Gasteiger partial charge is 0.391 e. The Balaban J connectivity index is 2.37. The summed E-state index contributed by atoms with van der Waals surface area (Å²) in [6.45, 7) is 0. The predicted molar refractivity (Wildman–Crippen MR) is 63.3 cm³/mol. The van der Waals surface area contributed by atoms with E-state index in [0.29, 0.717) is 6.42 Å². The molecule has 1 aliphatic rings. The molecule has 17 heavy (non-hydrogen) atoms. The van der Waals surface area contributed by atoms with Crippen molar-refractivity contribution in [1.29, 1.82) is 0 Å². The smallest absolute Gasteiger partial charge is 0.180 e. The van der Waals surface area contributed by atoms with Crippen LogP contribution in [0.1, 0.15) is 31.7 Å². The average molecular weight is 259 g/mol. The van der Waals surface area contributed by atoms with Gasteiger partial charge in [0.05, 0.1) is 18.3 Å². The van der Waals surface area contributed by atoms with Crippen molar-refractivity contribution in [3.05, 3.63) is 6.20 Å². The van der Waals surface area contributed by atoms with Crippen LogP contribution >= 0.6 is 0 Å². The molecule has 1 fully saturated rings. The van der Waals surface area contributed by atoms with E-state index in [1.54, 1.807) is 0 Å². The lowest BCUT2D eigenvalue weighted by Gasteiger charge is -2.28. The average Bonchev–Trinajstić information content (AvgIpc) is 2.60. The summed E-state index contributed by atoms with van der Waals surface area (Å²) >= 11 is 0. The van der Waals surface area contributed by atoms with E-state index in [1.165, 1.54) is 10.9 Å². The second-order valence-electron chi connectivity index (χ2n) is 4.53. The van der Waals surface area contributed by atoms with Gasteiger partial charge in [-0.15, -0.1) is 0 Å². The zero-order valence-electron chi connectivity index (χ0n) is 9.70. The SMILES string of the molecule is CS(=O)(=O)c1cnn(C2CCCCC2O)c1N. The van der Waals surface area contributed by atoms with Gasteiger partial charge in [-0.25, -0.2) is 13.1 Å². The summed E-state index contributed by atoms with van der Waals surface area (Å²) in [5, 5.41) is 13.9. The van der Waals surface area contributed by atoms with E-state index >= 15 is 0 Å². The Hall–Kier alpha value is -1.08. The highest BCUT2D eigenvalue weighted by Gasteiger charge is 2.28. The van der Waals surface area contributed by atoms with Crippen LogP contribution in [0.25, 0.3) is 0 Å². The first-order valence-electron chi connectivity index (χ1n) is 5.62. The molecule has 0 saturated heterocycles. The number of hydrogen-bond donors (Lipinski definition) is 2. The van der Waals surface area contributed by atoms with Crippen molar-refractivity contribution < 1.29 is 13.5 Å². The summed E-state index contributed by atoms with van der Waals surface area (Å²) in [4.78, 5) is 0.0373. The monoisotopic (exact) mass is 259 g/mol. The number of rotatable bonds is 2. The topological polar surface area (TPSA) is 98.2 Å². The third-order valence-corrected chi connectivity index (χ3v) is 4.32. The van der Waals surface area contributed by atoms with Crippen LogP contribution in [-0.4, -0.2) is 35.7 Å². The van der Waals surface area contributed by atoms with Gasteiger partial charge in [-0.1, -0.05) is 12.8 Å². The van der Waals surface area contributed by atoms with E-state index in [-0.39, 0.29) is 16.8 Å². The van der Waals surface area contributed by atoms with Crippen LogP contribution in [0.15, 0.2) is 11.1 Å². The summed E-state index contributed by atoms with van der Waals surface area (Å²) in [5.74, 6) is 0.124. The molecule has 1 aromatic rings. The first-order chi connectivity index (χ1) is 7.91. The van der Waals surface area contributed by atoms with Gasteiger partial charge in [0.2, 0.25) is 0 Å². The van der Waals surface area contributed by atoms with Gasteiger partial charge in [-0.2, -0.15) is 5.10 Å². The number of nitrogen functional groups attached to an aromatic ring is 1. The maximum absolute atomic E-state index is 11.4. The number of hydrogen-bond acceptors (Lipinski definition) is 5. The molecule has 2 rings (SSSR count). The van der Waals surface area contributed by atoms with Crippen LogP contribution in [0, 0.1) is 0 Å². The number of aliphatic hydroxyl groups is 1. The van der Waals surface area contributed by atoms with E-state index in [2.05, 4.69) is 5.10 Å². The van der Waals surface area contributed by atoms with Gasteiger partial charge in [0.15, 0.2) is 9.84 Å². The highest BCUT2D eigenvalue weighted by Crippen LogP contribution is 2.31. The quantitative estimate of drug-likeness (QED) is 0.798. The summed E-state index contributed by atoms with van der Waals surface area (Å²) in [6, 6.07) is -0.209. The van der Waals surface area contributed by atoms with Crippen molar-refractivity contribution in [3.8, 4) is 0 Å². The Bertz CT molecular complexity index is 509. The molecule has 2 atom stereocenters. The van der Waals surface area contributed by atoms with Crippen molar-refractivity contribution in [2.24, 2.45) is 0 Å². The zero-order valence-corrected chi connectivity index (χ0v) is 10.5. The van der Waals surface area contributed by atoms with Crippen molar-refractivity contribution in [1.82, 2.24) is 9.78 Å². The molecule has 0 radical (unpaired) electrons. The summed E-state index contributed by atoms with van der Waals surface area (Å²) in [5.41, 5.74) is 5.79. The molecular weight excluding hydrogens is 242 g/mol. The van der Waals surface area contributed by atoms with Crippen LogP contribution in [0.4, 0.5) is 5.82 Å². The Morgan fingerprint density at radius 1 is 1.47 bits per heavy atom. The lowest BCUT2D eigenvalue weighted by Crippen LogP contribution is -2.29. The molecule has 1 aliphatic carbocycles. The highest BCUT2D eigenvalue weighted by atomic mass is 32.2. The van der Waals surface area contributed by atoms with Gasteiger partial charge in [-0.3, -0.25) is 0 Å². The molecule has 0 bridgehead atoms. The van der Waals surface area contributed by atoms with Gasteiger partial charge in [0.1, 0.15) is 10.7 Å². The molecule has 1 heterocycles. The van der Waals surface area contributed by atoms with E-state index in [4.69, 9.17) is 5.73 Å². The van der Waals surface area contributed by atoms with Crippen molar-refractivity contribution >= 4 is 15.7 Å². The maximum atomic E-state index is 11.4. The minimum Gasteiger partial charge on any atom is -0.391 e. The molecule has 0 amide bonds.